The van der Waals surface area contributed by atoms with Crippen LogP contribution in [0.15, 0.2) is 42.6 Å². The molecule has 44 heavy (non-hydrogen) atoms. The molecule has 1 amide bonds. The van der Waals surface area contributed by atoms with Crippen LogP contribution in [-0.2, 0) is 20.7 Å². The lowest BCUT2D eigenvalue weighted by Gasteiger charge is -2.38. The van der Waals surface area contributed by atoms with Gasteiger partial charge in [-0.15, -0.1) is 0 Å². The maximum Gasteiger partial charge on any atom is 0.335 e. The molecule has 3 aliphatic heterocycles. The fourth-order valence-corrected chi connectivity index (χ4v) is 5.74. The van der Waals surface area contributed by atoms with E-state index >= 15 is 0 Å². The number of hydrogen-bond acceptors (Lipinski definition) is 9. The Bertz CT molecular complexity index is 1480. The van der Waals surface area contributed by atoms with Crippen LogP contribution in [-0.4, -0.2) is 106 Å². The Morgan fingerprint density at radius 3 is 2.55 bits per heavy atom. The number of rotatable bonds is 6. The third-order valence-electron chi connectivity index (χ3n) is 8.46. The summed E-state index contributed by atoms with van der Waals surface area (Å²) in [6, 6.07) is 10.8. The van der Waals surface area contributed by atoms with Gasteiger partial charge >= 0.3 is 5.97 Å². The van der Waals surface area contributed by atoms with Crippen LogP contribution in [0.2, 0.25) is 0 Å². The molecule has 6 rings (SSSR count). The minimum atomic E-state index is -1.57. The number of aryl methyl sites for hydroxylation is 1. The second kappa shape index (κ2) is 13.5. The molecule has 2 aromatic carbocycles. The zero-order chi connectivity index (χ0) is 31.5. The molecule has 3 aliphatic rings. The van der Waals surface area contributed by atoms with Crippen LogP contribution in [0.5, 0.6) is 5.75 Å². The first-order valence-corrected chi connectivity index (χ1v) is 14.8. The lowest BCUT2D eigenvalue weighted by atomic mass is 9.92. The van der Waals surface area contributed by atoms with E-state index in [0.29, 0.717) is 0 Å². The number of para-hydroxylation sites is 1. The van der Waals surface area contributed by atoms with Crippen LogP contribution in [0.1, 0.15) is 25.8 Å². The van der Waals surface area contributed by atoms with E-state index in [9.17, 15) is 24.2 Å². The first-order chi connectivity index (χ1) is 21.0. The molecule has 4 heterocycles. The normalized spacial score (nSPS) is 27.1. The predicted octanol–water partition coefficient (Wildman–Crippen LogP) is 1.93. The van der Waals surface area contributed by atoms with E-state index in [4.69, 9.17) is 14.9 Å². The molecule has 238 valence electrons. The molecule has 0 saturated carbocycles. The molecule has 2 fully saturated rings. The van der Waals surface area contributed by atoms with Crippen molar-refractivity contribution >= 4 is 34.2 Å². The quantitative estimate of drug-likeness (QED) is 0.241. The van der Waals surface area contributed by atoms with Crippen molar-refractivity contribution in [1.82, 2.24) is 9.88 Å². The lowest BCUT2D eigenvalue weighted by molar-refractivity contribution is -0.260. The van der Waals surface area contributed by atoms with Crippen LogP contribution >= 0.6 is 0 Å². The van der Waals surface area contributed by atoms with Gasteiger partial charge in [0.1, 0.15) is 11.9 Å². The third kappa shape index (κ3) is 6.81. The van der Waals surface area contributed by atoms with E-state index in [-0.39, 0.29) is 11.7 Å². The van der Waals surface area contributed by atoms with Crippen molar-refractivity contribution in [2.75, 3.05) is 42.9 Å². The molecule has 13 heteroatoms. The van der Waals surface area contributed by atoms with E-state index in [1.54, 1.807) is 19.1 Å². The molecule has 0 radical (unpaired) electrons. The number of aromatic amines is 1. The maximum atomic E-state index is 13.6. The Balaban J connectivity index is 0.000000249. The number of carboxylic acid groups (broad SMARTS) is 1. The van der Waals surface area contributed by atoms with E-state index in [1.165, 1.54) is 18.6 Å². The van der Waals surface area contributed by atoms with Crippen molar-refractivity contribution < 1.29 is 43.9 Å². The van der Waals surface area contributed by atoms with Gasteiger partial charge < -0.3 is 45.1 Å². The molecule has 2 saturated heterocycles. The molecule has 6 atom stereocenters. The summed E-state index contributed by atoms with van der Waals surface area (Å²) >= 11 is 0. The number of H-pyrrole nitrogens is 1. The molecule has 0 spiro atoms. The first kappa shape index (κ1) is 31.7. The van der Waals surface area contributed by atoms with Crippen LogP contribution < -0.4 is 15.0 Å². The van der Waals surface area contributed by atoms with Crippen molar-refractivity contribution in [3.05, 3.63) is 54.0 Å². The molecule has 1 unspecified atom stereocenters. The van der Waals surface area contributed by atoms with Gasteiger partial charge in [0, 0.05) is 49.2 Å². The van der Waals surface area contributed by atoms with Gasteiger partial charge in [0.05, 0.1) is 17.5 Å². The van der Waals surface area contributed by atoms with Gasteiger partial charge in [0.15, 0.2) is 24.2 Å². The number of aliphatic hydroxyl groups is 3. The largest absolute Gasteiger partial charge is 0.479 e. The molecule has 12 nitrogen and oxygen atoms in total. The van der Waals surface area contributed by atoms with Crippen molar-refractivity contribution in [3.8, 4) is 5.75 Å². The van der Waals surface area contributed by atoms with Gasteiger partial charge in [-0.3, -0.25) is 9.69 Å². The maximum absolute atomic E-state index is 13.6. The van der Waals surface area contributed by atoms with Crippen molar-refractivity contribution in [2.24, 2.45) is 5.92 Å². The van der Waals surface area contributed by atoms with E-state index < -0.39 is 42.6 Å². The highest BCUT2D eigenvalue weighted by Gasteiger charge is 2.44. The van der Waals surface area contributed by atoms with Crippen LogP contribution in [0.4, 0.5) is 15.8 Å². The van der Waals surface area contributed by atoms with Gasteiger partial charge in [0.25, 0.3) is 5.91 Å². The second-order valence-corrected chi connectivity index (χ2v) is 11.5. The number of aliphatic carboxylic acids is 1. The van der Waals surface area contributed by atoms with Gasteiger partial charge in [0.2, 0.25) is 0 Å². The topological polar surface area (TPSA) is 168 Å². The number of hydrogen-bond donors (Lipinski definition) is 6. The zero-order valence-electron chi connectivity index (χ0n) is 24.6. The monoisotopic (exact) mass is 614 g/mol. The smallest absolute Gasteiger partial charge is 0.335 e. The highest BCUT2D eigenvalue weighted by Crippen LogP contribution is 2.39. The summed E-state index contributed by atoms with van der Waals surface area (Å²) in [4.78, 5) is 30.4. The number of amides is 1. The molecular formula is C31H39FN4O8. The minimum absolute atomic E-state index is 0.104. The highest BCUT2D eigenvalue weighted by atomic mass is 19.1. The Morgan fingerprint density at radius 2 is 1.82 bits per heavy atom. The van der Waals surface area contributed by atoms with Gasteiger partial charge in [-0.25, -0.2) is 9.18 Å². The molecular weight excluding hydrogens is 575 g/mol. The van der Waals surface area contributed by atoms with E-state index in [2.05, 4.69) is 30.9 Å². The number of carbonyl (C=O) groups excluding carboxylic acids is 1. The summed E-state index contributed by atoms with van der Waals surface area (Å²) < 4.78 is 24.1. The highest BCUT2D eigenvalue weighted by molar-refractivity contribution is 5.99. The average Bonchev–Trinajstić information content (AvgIpc) is 3.40. The predicted molar refractivity (Wildman–Crippen MR) is 160 cm³/mol. The van der Waals surface area contributed by atoms with Crippen LogP contribution in [0.3, 0.4) is 0 Å². The molecule has 1 aromatic heterocycles. The summed E-state index contributed by atoms with van der Waals surface area (Å²) in [5, 5.41) is 40.1. The molecule has 0 aliphatic carbocycles. The van der Waals surface area contributed by atoms with Gasteiger partial charge in [-0.05, 0) is 62.2 Å². The Morgan fingerprint density at radius 1 is 1.07 bits per heavy atom. The fraction of sp³-hybridized carbons (Fsp3) is 0.484. The van der Waals surface area contributed by atoms with Crippen molar-refractivity contribution in [3.63, 3.8) is 0 Å². The zero-order valence-corrected chi connectivity index (χ0v) is 24.6. The Labute approximate surface area is 254 Å². The number of fused-ring (bicyclic) bond motifs is 2. The van der Waals surface area contributed by atoms with E-state index in [1.807, 2.05) is 18.3 Å². The fourth-order valence-electron chi connectivity index (χ4n) is 5.74. The van der Waals surface area contributed by atoms with Crippen LogP contribution in [0, 0.1) is 11.7 Å². The summed E-state index contributed by atoms with van der Waals surface area (Å²) in [7, 11) is 0. The summed E-state index contributed by atoms with van der Waals surface area (Å²) in [6.07, 6.45) is -2.23. The van der Waals surface area contributed by atoms with Gasteiger partial charge in [-0.2, -0.15) is 0 Å². The van der Waals surface area contributed by atoms with E-state index in [0.717, 1.165) is 73.6 Å². The third-order valence-corrected chi connectivity index (χ3v) is 8.46. The number of carboxylic acids is 1. The number of nitrogens with zero attached hydrogens (tertiary/aromatic N) is 2. The molecule has 6 N–H and O–H groups in total. The minimum Gasteiger partial charge on any atom is -0.479 e. The second-order valence-electron chi connectivity index (χ2n) is 11.5. The molecule has 3 aromatic rings. The number of nitrogens with one attached hydrogen (secondary N) is 2. The number of aromatic nitrogens is 1. The summed E-state index contributed by atoms with van der Waals surface area (Å²) in [5.74, 6) is -1.63. The average molecular weight is 615 g/mol. The van der Waals surface area contributed by atoms with Crippen molar-refractivity contribution in [1.29, 1.82) is 0 Å². The number of ether oxygens (including phenoxy) is 2. The summed E-state index contributed by atoms with van der Waals surface area (Å²) in [5.41, 5.74) is 3.96. The number of piperazine rings is 1. The first-order valence-electron chi connectivity index (χ1n) is 14.8. The standard InChI is InChI=1S/C24H27FN4O2.C7H12O6/c1-16-24(30)27-21-5-2-6-22(23(21)31-16)29-12-10-28(11-13-29)9-3-4-17-15-26-20-8-7-18(25)14-19(17)20;1-2-3(8)4(9)5(6(10)11)13-7(2)12/h2,5-8,14-16,26H,3-4,9-13H2,1H3,(H,27,30);2-5,7-9,12H,1H3,(H,10,11)/t;2-,3-,4+,5+,7-/m.1/s1. The number of benzene rings is 2. The number of anilines is 2. The Hall–Kier alpha value is -3.75. The van der Waals surface area contributed by atoms with Crippen molar-refractivity contribution in [2.45, 2.75) is 57.4 Å². The number of carbonyl (C=O) groups is 2. The number of halogens is 1. The Kier molecular flexibility index (Phi) is 9.71. The molecule has 0 bridgehead atoms. The summed E-state index contributed by atoms with van der Waals surface area (Å²) in [6.45, 7) is 8.04. The lowest BCUT2D eigenvalue weighted by Crippen LogP contribution is -2.56. The SMILES string of the molecule is CC1Oc2c(cccc2N2CCN(CCCc3c[nH]c4ccc(F)cc34)CC2)NC1=O.C[C@@H]1[C@@H](O)[C@H](O)[C@@H](C(=O)O)O[C@H]1O. The number of aliphatic hydroxyl groups excluding tert-OH is 3. The van der Waals surface area contributed by atoms with Crippen LogP contribution in [0.25, 0.3) is 10.9 Å². The van der Waals surface area contributed by atoms with Gasteiger partial charge in [-0.1, -0.05) is 13.0 Å².